The number of para-hydroxylation sites is 2. The van der Waals surface area contributed by atoms with Gasteiger partial charge in [0.15, 0.2) is 0 Å². The third-order valence-corrected chi connectivity index (χ3v) is 14.5. The number of benzene rings is 3. The molecule has 4 N–H and O–H groups in total. The molecule has 0 saturated heterocycles. The molecule has 0 fully saturated rings. The summed E-state index contributed by atoms with van der Waals surface area (Å²) in [4.78, 5) is 31.3. The summed E-state index contributed by atoms with van der Waals surface area (Å²) in [5.74, 6) is 5.81. The highest BCUT2D eigenvalue weighted by molar-refractivity contribution is 7.53. The van der Waals surface area contributed by atoms with E-state index in [0.717, 1.165) is 60.5 Å². The van der Waals surface area contributed by atoms with Gasteiger partial charge < -0.3 is 29.0 Å². The first-order valence-corrected chi connectivity index (χ1v) is 29.6. The summed E-state index contributed by atoms with van der Waals surface area (Å²) in [6.07, 6.45) is 17.0. The van der Waals surface area contributed by atoms with E-state index in [1.165, 1.54) is 109 Å². The maximum Gasteiger partial charge on any atom is 0.334 e. The second-order valence-corrected chi connectivity index (χ2v) is 29.1. The highest BCUT2D eigenvalue weighted by Gasteiger charge is 2.39. The number of unbranched alkanes of at least 4 members (excludes halogenated alkanes) is 8. The van der Waals surface area contributed by atoms with E-state index in [-0.39, 0.29) is 32.5 Å². The van der Waals surface area contributed by atoms with Crippen LogP contribution >= 0.6 is 17.2 Å². The van der Waals surface area contributed by atoms with Gasteiger partial charge >= 0.3 is 17.2 Å². The van der Waals surface area contributed by atoms with Crippen molar-refractivity contribution < 1.29 is 33.4 Å². The van der Waals surface area contributed by atoms with Crippen molar-refractivity contribution in [3.8, 4) is 23.0 Å². The Hall–Kier alpha value is -2.08. The molecule has 0 aliphatic rings. The van der Waals surface area contributed by atoms with E-state index < -0.39 is 17.2 Å². The zero-order chi connectivity index (χ0) is 54.5. The van der Waals surface area contributed by atoms with Gasteiger partial charge in [0.05, 0.1) is 0 Å². The van der Waals surface area contributed by atoms with Crippen molar-refractivity contribution in [3.05, 3.63) is 80.9 Å². The van der Waals surface area contributed by atoms with Gasteiger partial charge in [0.1, 0.15) is 23.0 Å². The lowest BCUT2D eigenvalue weighted by atomic mass is 9.73. The molecule has 406 valence electrons. The van der Waals surface area contributed by atoms with E-state index in [9.17, 15) is 0 Å². The summed E-state index contributed by atoms with van der Waals surface area (Å²) in [7, 11) is -5.22. The second kappa shape index (κ2) is 27.6. The minimum atomic E-state index is -2.61. The van der Waals surface area contributed by atoms with E-state index in [1.54, 1.807) is 0 Å². The molecular formula is C62H106O7P2. The molecule has 0 atom stereocenters. The Balaban J connectivity index is 0.00000229. The van der Waals surface area contributed by atoms with Crippen molar-refractivity contribution in [1.29, 1.82) is 0 Å². The van der Waals surface area contributed by atoms with Crippen LogP contribution in [-0.4, -0.2) is 19.6 Å². The van der Waals surface area contributed by atoms with Gasteiger partial charge in [0, 0.05) is 44.5 Å². The summed E-state index contributed by atoms with van der Waals surface area (Å²) in [6.45, 7) is 52.1. The summed E-state index contributed by atoms with van der Waals surface area (Å²) < 4.78 is 19.5. The predicted octanol–water partition coefficient (Wildman–Crippen LogP) is 19.6. The quantitative estimate of drug-likeness (QED) is 0.0586. The molecule has 0 amide bonds. The molecule has 3 aromatic carbocycles. The summed E-state index contributed by atoms with van der Waals surface area (Å²) in [5, 5.41) is 0. The van der Waals surface area contributed by atoms with Crippen molar-refractivity contribution in [2.75, 3.05) is 0 Å². The smallest absolute Gasteiger partial charge is 0.334 e. The standard InChI is InChI=1S/C62H102O2.H4O5P2/c1-43(2)35-29-25-23-27-31-37-45-51(61(17,18)19)54(64-56-49(59(11,12)13)41-34-42-50(56)60(14,15)16)46(38-32-28-24-26-30-36-44(3)4)52(62(20,21)22)53(45)63-55-47(57(5,6)7)39-33-40-48(55)58(8,9)10;1-6(2)5-7(3)4/h33-34,39-44H,23-32,35-38H2,1-22H3;1-4H. The zero-order valence-electron chi connectivity index (χ0n) is 49.4. The van der Waals surface area contributed by atoms with Gasteiger partial charge in [-0.3, -0.25) is 0 Å². The SMILES string of the molecule is CC(C)CCCCCCCc1c(Oc2c(C(C)(C)C)cccc2C(C)(C)C)c(C(C)(C)C)c(CCCCCCCC(C)C)c(Oc2c(C(C)(C)C)cccc2C(C)(C)C)c1C(C)(C)C.OP(O)OP(O)O. The Morgan fingerprint density at radius 2 is 0.620 bits per heavy atom. The Labute approximate surface area is 439 Å². The molecule has 71 heavy (non-hydrogen) atoms. The van der Waals surface area contributed by atoms with Crippen LogP contribution in [0.1, 0.15) is 274 Å². The van der Waals surface area contributed by atoms with Crippen LogP contribution in [0.15, 0.2) is 36.4 Å². The van der Waals surface area contributed by atoms with Gasteiger partial charge in [-0.2, -0.15) is 0 Å². The molecule has 0 aromatic heterocycles. The van der Waals surface area contributed by atoms with E-state index in [2.05, 4.69) is 193 Å². The second-order valence-electron chi connectivity index (χ2n) is 27.4. The fourth-order valence-corrected chi connectivity index (χ4v) is 10.3. The minimum Gasteiger partial charge on any atom is -0.456 e. The average Bonchev–Trinajstić information content (AvgIpc) is 3.18. The van der Waals surface area contributed by atoms with Crippen LogP contribution in [0.4, 0.5) is 0 Å². The zero-order valence-corrected chi connectivity index (χ0v) is 51.2. The van der Waals surface area contributed by atoms with E-state index in [4.69, 9.17) is 29.0 Å². The highest BCUT2D eigenvalue weighted by atomic mass is 31.2. The molecule has 0 radical (unpaired) electrons. The Kier molecular flexibility index (Phi) is 25.3. The van der Waals surface area contributed by atoms with Gasteiger partial charge in [0.25, 0.3) is 0 Å². The van der Waals surface area contributed by atoms with Crippen LogP contribution < -0.4 is 9.47 Å². The van der Waals surface area contributed by atoms with Gasteiger partial charge in [-0.15, -0.1) is 0 Å². The van der Waals surface area contributed by atoms with E-state index >= 15 is 0 Å². The Morgan fingerprint density at radius 3 is 0.831 bits per heavy atom. The molecule has 3 rings (SSSR count). The lowest BCUT2D eigenvalue weighted by Gasteiger charge is -2.38. The van der Waals surface area contributed by atoms with Crippen LogP contribution in [0.3, 0.4) is 0 Å². The Bertz CT molecular complexity index is 1850. The molecule has 9 heteroatoms. The molecule has 0 spiro atoms. The van der Waals surface area contributed by atoms with Crippen molar-refractivity contribution >= 4 is 17.2 Å². The molecule has 0 aliphatic carbocycles. The van der Waals surface area contributed by atoms with Crippen LogP contribution in [0.5, 0.6) is 23.0 Å². The van der Waals surface area contributed by atoms with Gasteiger partial charge in [-0.25, -0.2) is 4.31 Å². The van der Waals surface area contributed by atoms with Crippen molar-refractivity contribution in [2.45, 2.75) is 275 Å². The largest absolute Gasteiger partial charge is 0.456 e. The van der Waals surface area contributed by atoms with Crippen molar-refractivity contribution in [1.82, 2.24) is 0 Å². The molecule has 3 aromatic rings. The molecule has 0 heterocycles. The minimum absolute atomic E-state index is 0.108. The van der Waals surface area contributed by atoms with Crippen molar-refractivity contribution in [3.63, 3.8) is 0 Å². The third kappa shape index (κ3) is 21.2. The maximum atomic E-state index is 7.97. The third-order valence-electron chi connectivity index (χ3n) is 13.3. The number of ether oxygens (including phenoxy) is 2. The first-order chi connectivity index (χ1) is 32.4. The molecular weight excluding hydrogens is 919 g/mol. The average molecular weight is 1030 g/mol. The predicted molar refractivity (Wildman–Crippen MR) is 308 cm³/mol. The fourth-order valence-electron chi connectivity index (χ4n) is 9.79. The molecule has 0 unspecified atom stereocenters. The van der Waals surface area contributed by atoms with Gasteiger partial charge in [-0.1, -0.05) is 253 Å². The first kappa shape index (κ1) is 65.0. The van der Waals surface area contributed by atoms with E-state index in [1.807, 2.05) is 0 Å². The lowest BCUT2D eigenvalue weighted by molar-refractivity contribution is 0.324. The van der Waals surface area contributed by atoms with E-state index in [0.29, 0.717) is 0 Å². The van der Waals surface area contributed by atoms with Crippen LogP contribution in [-0.2, 0) is 49.6 Å². The van der Waals surface area contributed by atoms with Crippen LogP contribution in [0.25, 0.3) is 0 Å². The molecule has 0 bridgehead atoms. The summed E-state index contributed by atoms with van der Waals surface area (Å²) >= 11 is 0. The first-order valence-electron chi connectivity index (χ1n) is 27.3. The maximum absolute atomic E-state index is 7.97. The van der Waals surface area contributed by atoms with Crippen LogP contribution in [0, 0.1) is 11.8 Å². The summed E-state index contributed by atoms with van der Waals surface area (Å²) in [6, 6.07) is 13.8. The van der Waals surface area contributed by atoms with Gasteiger partial charge in [0.2, 0.25) is 0 Å². The lowest BCUT2D eigenvalue weighted by Crippen LogP contribution is -2.26. The molecule has 0 aliphatic heterocycles. The Morgan fingerprint density at radius 1 is 0.366 bits per heavy atom. The summed E-state index contributed by atoms with van der Waals surface area (Å²) in [5.41, 5.74) is 9.55. The number of hydrogen-bond donors (Lipinski definition) is 4. The monoisotopic (exact) mass is 1020 g/mol. The topological polar surface area (TPSA) is 109 Å². The normalized spacial score (nSPS) is 13.2. The van der Waals surface area contributed by atoms with Crippen molar-refractivity contribution in [2.24, 2.45) is 11.8 Å². The number of rotatable bonds is 22. The number of hydrogen-bond acceptors (Lipinski definition) is 7. The fraction of sp³-hybridized carbons (Fsp3) is 0.710. The molecule has 7 nitrogen and oxygen atoms in total. The van der Waals surface area contributed by atoms with Crippen LogP contribution in [0.2, 0.25) is 0 Å². The van der Waals surface area contributed by atoms with Gasteiger partial charge in [-0.05, 0) is 70.0 Å². The molecule has 0 saturated carbocycles. The highest BCUT2D eigenvalue weighted by Crippen LogP contribution is 2.55.